The van der Waals surface area contributed by atoms with E-state index in [0.29, 0.717) is 16.6 Å². The van der Waals surface area contributed by atoms with Gasteiger partial charge in [-0.25, -0.2) is 4.39 Å². The van der Waals surface area contributed by atoms with Crippen molar-refractivity contribution in [1.29, 1.82) is 5.26 Å². The number of fused-ring (bicyclic) bond motifs is 1. The van der Waals surface area contributed by atoms with Gasteiger partial charge in [-0.05, 0) is 18.2 Å². The van der Waals surface area contributed by atoms with Crippen LogP contribution in [0, 0.1) is 17.1 Å². The normalized spacial score (nSPS) is 10.2. The molecule has 0 unspecified atom stereocenters. The molecule has 0 aliphatic rings. The van der Waals surface area contributed by atoms with Crippen molar-refractivity contribution in [1.82, 2.24) is 9.78 Å². The first-order valence-corrected chi connectivity index (χ1v) is 3.75. The lowest BCUT2D eigenvalue weighted by Crippen LogP contribution is -1.89. The van der Waals surface area contributed by atoms with E-state index in [1.807, 2.05) is 6.07 Å². The van der Waals surface area contributed by atoms with Crippen LogP contribution in [0.5, 0.6) is 0 Å². The van der Waals surface area contributed by atoms with Crippen molar-refractivity contribution in [2.45, 2.75) is 0 Å². The Labute approximate surface area is 74.0 Å². The van der Waals surface area contributed by atoms with Gasteiger partial charge in [0.05, 0.1) is 5.52 Å². The monoisotopic (exact) mass is 175 g/mol. The minimum Gasteiger partial charge on any atom is -0.266 e. The maximum absolute atomic E-state index is 12.8. The molecule has 0 fully saturated rings. The summed E-state index contributed by atoms with van der Waals surface area (Å²) in [6.45, 7) is 0. The molecule has 1 aromatic heterocycles. The smallest absolute Gasteiger partial charge is 0.170 e. The zero-order chi connectivity index (χ0) is 9.42. The number of hydrogen-bond donors (Lipinski definition) is 0. The topological polar surface area (TPSA) is 41.6 Å². The van der Waals surface area contributed by atoms with Gasteiger partial charge in [-0.2, -0.15) is 10.4 Å². The second kappa shape index (κ2) is 2.56. The van der Waals surface area contributed by atoms with E-state index in [1.165, 1.54) is 16.8 Å². The number of aromatic nitrogens is 2. The lowest BCUT2D eigenvalue weighted by atomic mass is 10.2. The van der Waals surface area contributed by atoms with Gasteiger partial charge in [-0.3, -0.25) is 4.68 Å². The van der Waals surface area contributed by atoms with Crippen LogP contribution in [0.1, 0.15) is 5.69 Å². The Morgan fingerprint density at radius 1 is 1.54 bits per heavy atom. The Balaban J connectivity index is 2.90. The zero-order valence-corrected chi connectivity index (χ0v) is 6.95. The van der Waals surface area contributed by atoms with Gasteiger partial charge >= 0.3 is 0 Å². The fourth-order valence-electron chi connectivity index (χ4n) is 1.31. The summed E-state index contributed by atoms with van der Waals surface area (Å²) in [4.78, 5) is 0. The molecule has 0 saturated carbocycles. The molecule has 2 rings (SSSR count). The Morgan fingerprint density at radius 2 is 2.31 bits per heavy atom. The fraction of sp³-hybridized carbons (Fsp3) is 0.111. The van der Waals surface area contributed by atoms with Crippen molar-refractivity contribution in [2.24, 2.45) is 7.05 Å². The van der Waals surface area contributed by atoms with Gasteiger partial charge in [-0.15, -0.1) is 0 Å². The highest BCUT2D eigenvalue weighted by Crippen LogP contribution is 2.17. The molecule has 0 saturated heterocycles. The molecule has 64 valence electrons. The Hall–Kier alpha value is -1.89. The highest BCUT2D eigenvalue weighted by molar-refractivity contribution is 5.84. The summed E-state index contributed by atoms with van der Waals surface area (Å²) < 4.78 is 14.3. The number of nitrogens with zero attached hydrogens (tertiary/aromatic N) is 3. The highest BCUT2D eigenvalue weighted by atomic mass is 19.1. The average Bonchev–Trinajstić information content (AvgIpc) is 2.43. The van der Waals surface area contributed by atoms with Crippen LogP contribution >= 0.6 is 0 Å². The minimum absolute atomic E-state index is 0.319. The Kier molecular flexibility index (Phi) is 1.52. The van der Waals surface area contributed by atoms with Gasteiger partial charge in [0.1, 0.15) is 11.9 Å². The molecule has 13 heavy (non-hydrogen) atoms. The molecule has 0 bridgehead atoms. The van der Waals surface area contributed by atoms with Gasteiger partial charge < -0.3 is 0 Å². The summed E-state index contributed by atoms with van der Waals surface area (Å²) in [5.41, 5.74) is 0.967. The van der Waals surface area contributed by atoms with Crippen LogP contribution in [0.25, 0.3) is 10.9 Å². The Bertz CT molecular complexity index is 507. The molecule has 0 radical (unpaired) electrons. The molecule has 1 heterocycles. The highest BCUT2D eigenvalue weighted by Gasteiger charge is 2.07. The first kappa shape index (κ1) is 7.74. The number of halogens is 1. The van der Waals surface area contributed by atoms with Crippen LogP contribution in [0.4, 0.5) is 4.39 Å². The van der Waals surface area contributed by atoms with Gasteiger partial charge in [-0.1, -0.05) is 0 Å². The molecule has 0 atom stereocenters. The van der Waals surface area contributed by atoms with E-state index in [-0.39, 0.29) is 5.82 Å². The summed E-state index contributed by atoms with van der Waals surface area (Å²) in [7, 11) is 1.68. The third-order valence-electron chi connectivity index (χ3n) is 1.92. The molecular weight excluding hydrogens is 169 g/mol. The SMILES string of the molecule is Cn1nc(C#N)c2ccc(F)cc21. The van der Waals surface area contributed by atoms with Crippen molar-refractivity contribution in [3.05, 3.63) is 29.7 Å². The van der Waals surface area contributed by atoms with Gasteiger partial charge in [0, 0.05) is 12.4 Å². The molecule has 0 aliphatic carbocycles. The summed E-state index contributed by atoms with van der Waals surface area (Å²) in [5.74, 6) is -0.319. The van der Waals surface area contributed by atoms with Crippen LogP contribution in [0.3, 0.4) is 0 Å². The quantitative estimate of drug-likeness (QED) is 0.610. The second-order valence-electron chi connectivity index (χ2n) is 2.75. The van der Waals surface area contributed by atoms with Crippen molar-refractivity contribution in [2.75, 3.05) is 0 Å². The summed E-state index contributed by atoms with van der Waals surface area (Å²) >= 11 is 0. The van der Waals surface area contributed by atoms with Crippen molar-refractivity contribution in [3.8, 4) is 6.07 Å². The predicted octanol–water partition coefficient (Wildman–Crippen LogP) is 1.58. The van der Waals surface area contributed by atoms with E-state index in [0.717, 1.165) is 0 Å². The largest absolute Gasteiger partial charge is 0.266 e. The van der Waals surface area contributed by atoms with E-state index in [2.05, 4.69) is 5.10 Å². The first-order chi connectivity index (χ1) is 6.22. The van der Waals surface area contributed by atoms with E-state index in [9.17, 15) is 4.39 Å². The van der Waals surface area contributed by atoms with Crippen LogP contribution < -0.4 is 0 Å². The van der Waals surface area contributed by atoms with Gasteiger partial charge in [0.25, 0.3) is 0 Å². The Morgan fingerprint density at radius 3 is 3.00 bits per heavy atom. The van der Waals surface area contributed by atoms with Crippen LogP contribution in [0.15, 0.2) is 18.2 Å². The lowest BCUT2D eigenvalue weighted by molar-refractivity contribution is 0.628. The number of hydrogen-bond acceptors (Lipinski definition) is 2. The molecule has 1 aromatic carbocycles. The van der Waals surface area contributed by atoms with Crippen LogP contribution in [0.2, 0.25) is 0 Å². The third-order valence-corrected chi connectivity index (χ3v) is 1.92. The number of rotatable bonds is 0. The van der Waals surface area contributed by atoms with Crippen molar-refractivity contribution < 1.29 is 4.39 Å². The summed E-state index contributed by atoms with van der Waals surface area (Å²) in [6, 6.07) is 6.21. The lowest BCUT2D eigenvalue weighted by Gasteiger charge is -1.92. The van der Waals surface area contributed by atoms with Crippen LogP contribution in [-0.2, 0) is 7.05 Å². The summed E-state index contributed by atoms with van der Waals surface area (Å²) in [6.07, 6.45) is 0. The molecular formula is C9H6FN3. The summed E-state index contributed by atoms with van der Waals surface area (Å²) in [5, 5.41) is 13.3. The number of nitriles is 1. The maximum Gasteiger partial charge on any atom is 0.170 e. The van der Waals surface area contributed by atoms with Crippen molar-refractivity contribution >= 4 is 10.9 Å². The number of aryl methyl sites for hydroxylation is 1. The first-order valence-electron chi connectivity index (χ1n) is 3.75. The van der Waals surface area contributed by atoms with E-state index in [4.69, 9.17) is 5.26 Å². The van der Waals surface area contributed by atoms with E-state index < -0.39 is 0 Å². The number of benzene rings is 1. The predicted molar refractivity (Wildman–Crippen MR) is 45.4 cm³/mol. The van der Waals surface area contributed by atoms with E-state index >= 15 is 0 Å². The molecule has 2 aromatic rings. The molecule has 3 nitrogen and oxygen atoms in total. The average molecular weight is 175 g/mol. The van der Waals surface area contributed by atoms with Crippen LogP contribution in [-0.4, -0.2) is 9.78 Å². The van der Waals surface area contributed by atoms with Gasteiger partial charge in [0.2, 0.25) is 0 Å². The minimum atomic E-state index is -0.319. The molecule has 4 heteroatoms. The van der Waals surface area contributed by atoms with Gasteiger partial charge in [0.15, 0.2) is 5.69 Å². The zero-order valence-electron chi connectivity index (χ0n) is 6.95. The van der Waals surface area contributed by atoms with Crippen molar-refractivity contribution in [3.63, 3.8) is 0 Å². The fourth-order valence-corrected chi connectivity index (χ4v) is 1.31. The third kappa shape index (κ3) is 1.05. The molecule has 0 amide bonds. The second-order valence-corrected chi connectivity index (χ2v) is 2.75. The maximum atomic E-state index is 12.8. The van der Waals surface area contributed by atoms with E-state index in [1.54, 1.807) is 13.1 Å². The molecule has 0 aliphatic heterocycles. The standard InChI is InChI=1S/C9H6FN3/c1-13-9-4-6(10)2-3-7(9)8(5-11)12-13/h2-4H,1H3. The molecule has 0 N–H and O–H groups in total. The molecule has 0 spiro atoms.